The van der Waals surface area contributed by atoms with E-state index >= 15 is 0 Å². The summed E-state index contributed by atoms with van der Waals surface area (Å²) < 4.78 is 9.99. The predicted octanol–water partition coefficient (Wildman–Crippen LogP) is 1.33. The fourth-order valence-electron chi connectivity index (χ4n) is 1.52. The maximum absolute atomic E-state index is 11.6. The minimum atomic E-state index is -0.0350. The van der Waals surface area contributed by atoms with Gasteiger partial charge in [0.2, 0.25) is 5.91 Å². The maximum Gasteiger partial charge on any atom is 0.316 e. The second-order valence-electron chi connectivity index (χ2n) is 3.93. The normalized spacial score (nSPS) is 10.2. The lowest BCUT2D eigenvalue weighted by Gasteiger charge is -2.03. The van der Waals surface area contributed by atoms with E-state index in [1.807, 2.05) is 6.07 Å². The smallest absolute Gasteiger partial charge is 0.316 e. The first kappa shape index (κ1) is 13.1. The number of hydrogen-bond acceptors (Lipinski definition) is 5. The lowest BCUT2D eigenvalue weighted by atomic mass is 10.2. The number of amides is 1. The van der Waals surface area contributed by atoms with Crippen molar-refractivity contribution >= 4 is 5.91 Å². The summed E-state index contributed by atoms with van der Waals surface area (Å²) >= 11 is 0. The van der Waals surface area contributed by atoms with Crippen molar-refractivity contribution in [2.75, 3.05) is 7.11 Å². The van der Waals surface area contributed by atoms with Crippen molar-refractivity contribution in [1.82, 2.24) is 15.3 Å². The molecule has 0 spiro atoms. The van der Waals surface area contributed by atoms with Gasteiger partial charge in [-0.2, -0.15) is 0 Å². The van der Waals surface area contributed by atoms with E-state index in [1.165, 1.54) is 7.11 Å². The van der Waals surface area contributed by atoms with Gasteiger partial charge in [0, 0.05) is 18.8 Å². The number of ether oxygens (including phenoxy) is 1. The molecule has 0 unspecified atom stereocenters. The first-order valence-corrected chi connectivity index (χ1v) is 5.92. The number of nitrogens with one attached hydrogen (secondary N) is 1. The van der Waals surface area contributed by atoms with Crippen LogP contribution in [0.4, 0.5) is 0 Å². The van der Waals surface area contributed by atoms with E-state index in [0.717, 1.165) is 11.3 Å². The Morgan fingerprint density at radius 2 is 2.21 bits per heavy atom. The minimum Gasteiger partial charge on any atom is -0.467 e. The third-order valence-corrected chi connectivity index (χ3v) is 2.54. The summed E-state index contributed by atoms with van der Waals surface area (Å²) in [6.07, 6.45) is 5.87. The quantitative estimate of drug-likeness (QED) is 0.848. The van der Waals surface area contributed by atoms with Crippen LogP contribution < -0.4 is 10.1 Å². The number of methoxy groups -OCH3 is 1. The summed E-state index contributed by atoms with van der Waals surface area (Å²) in [5.41, 5.74) is 0.897. The van der Waals surface area contributed by atoms with E-state index in [-0.39, 0.29) is 5.91 Å². The molecule has 100 valence electrons. The molecule has 2 heterocycles. The number of aryl methyl sites for hydroxylation is 1. The van der Waals surface area contributed by atoms with Crippen LogP contribution >= 0.6 is 0 Å². The van der Waals surface area contributed by atoms with Crippen molar-refractivity contribution in [1.29, 1.82) is 0 Å². The van der Waals surface area contributed by atoms with Crippen LogP contribution in [0, 0.1) is 0 Å². The minimum absolute atomic E-state index is 0.0350. The van der Waals surface area contributed by atoms with Crippen LogP contribution in [-0.2, 0) is 17.8 Å². The molecule has 0 radical (unpaired) electrons. The number of carbonyl (C=O) groups is 1. The molecule has 0 saturated carbocycles. The average Bonchev–Trinajstić information content (AvgIpc) is 2.96. The molecule has 2 aromatic rings. The Morgan fingerprint density at radius 1 is 1.42 bits per heavy atom. The summed E-state index contributed by atoms with van der Waals surface area (Å²) in [4.78, 5) is 19.6. The molecule has 0 aromatic carbocycles. The summed E-state index contributed by atoms with van der Waals surface area (Å²) in [5, 5.41) is 2.78. The molecule has 0 saturated heterocycles. The van der Waals surface area contributed by atoms with E-state index in [0.29, 0.717) is 25.4 Å². The van der Waals surface area contributed by atoms with Gasteiger partial charge in [-0.3, -0.25) is 4.79 Å². The Morgan fingerprint density at radius 3 is 2.84 bits per heavy atom. The molecule has 0 aliphatic carbocycles. The van der Waals surface area contributed by atoms with Crippen molar-refractivity contribution in [3.8, 4) is 6.01 Å². The third-order valence-electron chi connectivity index (χ3n) is 2.54. The molecule has 0 aliphatic rings. The van der Waals surface area contributed by atoms with E-state index in [1.54, 1.807) is 24.7 Å². The highest BCUT2D eigenvalue weighted by atomic mass is 16.5. The van der Waals surface area contributed by atoms with Crippen LogP contribution in [0.1, 0.15) is 17.7 Å². The zero-order chi connectivity index (χ0) is 13.5. The highest BCUT2D eigenvalue weighted by Crippen LogP contribution is 2.04. The van der Waals surface area contributed by atoms with Gasteiger partial charge in [-0.05, 0) is 24.1 Å². The molecule has 1 N–H and O–H groups in total. The number of aromatic nitrogens is 2. The Hall–Kier alpha value is -2.37. The molecule has 0 fully saturated rings. The molecule has 0 bridgehead atoms. The SMILES string of the molecule is COc1ncc(CCC(=O)NCc2ccco2)cn1. The predicted molar refractivity (Wildman–Crippen MR) is 67.5 cm³/mol. The summed E-state index contributed by atoms with van der Waals surface area (Å²) in [5.74, 6) is 0.702. The molecule has 2 aromatic heterocycles. The van der Waals surface area contributed by atoms with Crippen LogP contribution in [-0.4, -0.2) is 23.0 Å². The van der Waals surface area contributed by atoms with Gasteiger partial charge in [0.05, 0.1) is 19.9 Å². The van der Waals surface area contributed by atoms with Crippen molar-refractivity contribution in [3.05, 3.63) is 42.1 Å². The van der Waals surface area contributed by atoms with Gasteiger partial charge in [-0.1, -0.05) is 0 Å². The molecule has 6 nitrogen and oxygen atoms in total. The number of carbonyl (C=O) groups excluding carboxylic acids is 1. The van der Waals surface area contributed by atoms with Crippen molar-refractivity contribution < 1.29 is 13.9 Å². The zero-order valence-electron chi connectivity index (χ0n) is 10.6. The van der Waals surface area contributed by atoms with Gasteiger partial charge in [0.15, 0.2) is 0 Å². The Labute approximate surface area is 110 Å². The number of furan rings is 1. The lowest BCUT2D eigenvalue weighted by Crippen LogP contribution is -2.22. The number of nitrogens with zero attached hydrogens (tertiary/aromatic N) is 2. The van der Waals surface area contributed by atoms with E-state index < -0.39 is 0 Å². The standard InChI is InChI=1S/C13H15N3O3/c1-18-13-15-7-10(8-16-13)4-5-12(17)14-9-11-3-2-6-19-11/h2-3,6-8H,4-5,9H2,1H3,(H,14,17). The average molecular weight is 261 g/mol. The molecule has 0 aliphatic heterocycles. The first-order chi connectivity index (χ1) is 9.28. The van der Waals surface area contributed by atoms with Gasteiger partial charge in [-0.25, -0.2) is 9.97 Å². The fraction of sp³-hybridized carbons (Fsp3) is 0.308. The number of rotatable bonds is 6. The molecule has 6 heteroatoms. The van der Waals surface area contributed by atoms with Gasteiger partial charge in [-0.15, -0.1) is 0 Å². The van der Waals surface area contributed by atoms with E-state index in [9.17, 15) is 4.79 Å². The van der Waals surface area contributed by atoms with Crippen LogP contribution in [0.5, 0.6) is 6.01 Å². The van der Waals surface area contributed by atoms with E-state index in [2.05, 4.69) is 15.3 Å². The second kappa shape index (κ2) is 6.53. The molecule has 0 atom stereocenters. The summed E-state index contributed by atoms with van der Waals surface area (Å²) in [6, 6.07) is 3.93. The van der Waals surface area contributed by atoms with Gasteiger partial charge < -0.3 is 14.5 Å². The molecule has 1 amide bonds. The van der Waals surface area contributed by atoms with Crippen LogP contribution in [0.2, 0.25) is 0 Å². The van der Waals surface area contributed by atoms with Gasteiger partial charge >= 0.3 is 6.01 Å². The lowest BCUT2D eigenvalue weighted by molar-refractivity contribution is -0.121. The molecule has 2 rings (SSSR count). The summed E-state index contributed by atoms with van der Waals surface area (Å²) in [6.45, 7) is 0.408. The Kier molecular flexibility index (Phi) is 4.49. The van der Waals surface area contributed by atoms with Crippen LogP contribution in [0.15, 0.2) is 35.2 Å². The second-order valence-corrected chi connectivity index (χ2v) is 3.93. The van der Waals surface area contributed by atoms with Crippen LogP contribution in [0.3, 0.4) is 0 Å². The van der Waals surface area contributed by atoms with E-state index in [4.69, 9.17) is 9.15 Å². The first-order valence-electron chi connectivity index (χ1n) is 5.92. The van der Waals surface area contributed by atoms with Gasteiger partial charge in [0.25, 0.3) is 0 Å². The summed E-state index contributed by atoms with van der Waals surface area (Å²) in [7, 11) is 1.51. The highest BCUT2D eigenvalue weighted by Gasteiger charge is 2.04. The topological polar surface area (TPSA) is 77.2 Å². The Bertz CT molecular complexity index is 508. The van der Waals surface area contributed by atoms with Crippen molar-refractivity contribution in [2.24, 2.45) is 0 Å². The third kappa shape index (κ3) is 4.09. The van der Waals surface area contributed by atoms with Crippen LogP contribution in [0.25, 0.3) is 0 Å². The Balaban J connectivity index is 1.73. The highest BCUT2D eigenvalue weighted by molar-refractivity contribution is 5.76. The van der Waals surface area contributed by atoms with Gasteiger partial charge in [0.1, 0.15) is 5.76 Å². The maximum atomic E-state index is 11.6. The molecule has 19 heavy (non-hydrogen) atoms. The number of hydrogen-bond donors (Lipinski definition) is 1. The molecular formula is C13H15N3O3. The fourth-order valence-corrected chi connectivity index (χ4v) is 1.52. The zero-order valence-corrected chi connectivity index (χ0v) is 10.6. The molecular weight excluding hydrogens is 246 g/mol. The van der Waals surface area contributed by atoms with Crippen molar-refractivity contribution in [2.45, 2.75) is 19.4 Å². The largest absolute Gasteiger partial charge is 0.467 e. The monoisotopic (exact) mass is 261 g/mol. The van der Waals surface area contributed by atoms with Crippen molar-refractivity contribution in [3.63, 3.8) is 0 Å².